The van der Waals surface area contributed by atoms with E-state index in [9.17, 15) is 9.59 Å². The van der Waals surface area contributed by atoms with Gasteiger partial charge in [-0.05, 0) is 18.8 Å². The first-order valence-electron chi connectivity index (χ1n) is 5.26. The number of aliphatic carboxylic acids is 1. The molecule has 0 aromatic heterocycles. The molecule has 5 heteroatoms. The van der Waals surface area contributed by atoms with E-state index in [0.29, 0.717) is 6.54 Å². The van der Waals surface area contributed by atoms with Crippen molar-refractivity contribution in [3.8, 4) is 0 Å². The van der Waals surface area contributed by atoms with E-state index < -0.39 is 12.0 Å². The normalized spacial score (nSPS) is 28.2. The zero-order valence-electron chi connectivity index (χ0n) is 8.43. The molecule has 15 heavy (non-hydrogen) atoms. The number of carbonyl (C=O) groups is 2. The van der Waals surface area contributed by atoms with Crippen molar-refractivity contribution in [2.24, 2.45) is 11.8 Å². The van der Waals surface area contributed by atoms with Crippen LogP contribution in [0.4, 0.5) is 0 Å². The summed E-state index contributed by atoms with van der Waals surface area (Å²) in [7, 11) is 0. The molecule has 0 aromatic carbocycles. The minimum Gasteiger partial charge on any atom is -0.480 e. The van der Waals surface area contributed by atoms with Crippen LogP contribution >= 0.6 is 0 Å². The zero-order chi connectivity index (χ0) is 11.0. The number of hydrogen-bond acceptors (Lipinski definition) is 3. The van der Waals surface area contributed by atoms with Gasteiger partial charge in [0.05, 0.1) is 0 Å². The Morgan fingerprint density at radius 2 is 2.20 bits per heavy atom. The SMILES string of the molecule is O=C(O)C(C1CC1)N1CC(CO)CC1=O. The Bertz CT molecular complexity index is 287. The number of carbonyl (C=O) groups excluding carboxylic acids is 1. The maximum Gasteiger partial charge on any atom is 0.326 e. The molecule has 0 aromatic rings. The van der Waals surface area contributed by atoms with Crippen LogP contribution in [0, 0.1) is 11.8 Å². The van der Waals surface area contributed by atoms with Gasteiger partial charge >= 0.3 is 5.97 Å². The molecule has 1 aliphatic carbocycles. The molecule has 1 aliphatic heterocycles. The van der Waals surface area contributed by atoms with Gasteiger partial charge in [0.2, 0.25) is 5.91 Å². The molecule has 1 saturated heterocycles. The highest BCUT2D eigenvalue weighted by Crippen LogP contribution is 2.37. The Balaban J connectivity index is 2.07. The summed E-state index contributed by atoms with van der Waals surface area (Å²) in [6.45, 7) is 0.349. The quantitative estimate of drug-likeness (QED) is 0.671. The second kappa shape index (κ2) is 3.81. The van der Waals surface area contributed by atoms with E-state index >= 15 is 0 Å². The third-order valence-electron chi connectivity index (χ3n) is 3.15. The van der Waals surface area contributed by atoms with Gasteiger partial charge in [0, 0.05) is 25.5 Å². The molecule has 1 amide bonds. The lowest BCUT2D eigenvalue weighted by Gasteiger charge is -2.24. The van der Waals surface area contributed by atoms with E-state index in [0.717, 1.165) is 12.8 Å². The molecule has 1 saturated carbocycles. The third-order valence-corrected chi connectivity index (χ3v) is 3.15. The zero-order valence-corrected chi connectivity index (χ0v) is 8.43. The Hall–Kier alpha value is -1.10. The summed E-state index contributed by atoms with van der Waals surface area (Å²) in [5, 5.41) is 18.0. The van der Waals surface area contributed by atoms with Crippen LogP contribution in [0.25, 0.3) is 0 Å². The first-order valence-corrected chi connectivity index (χ1v) is 5.26. The maximum atomic E-state index is 11.6. The number of carboxylic acids is 1. The molecular formula is C10H15NO4. The molecule has 0 radical (unpaired) electrons. The van der Waals surface area contributed by atoms with Crippen LogP contribution in [-0.2, 0) is 9.59 Å². The molecule has 5 nitrogen and oxygen atoms in total. The fraction of sp³-hybridized carbons (Fsp3) is 0.800. The molecule has 2 atom stereocenters. The van der Waals surface area contributed by atoms with E-state index in [1.54, 1.807) is 0 Å². The number of likely N-dealkylation sites (tertiary alicyclic amines) is 1. The minimum absolute atomic E-state index is 0.0424. The van der Waals surface area contributed by atoms with Crippen LogP contribution in [0.1, 0.15) is 19.3 Å². The molecule has 2 aliphatic rings. The highest BCUT2D eigenvalue weighted by atomic mass is 16.4. The van der Waals surface area contributed by atoms with Crippen LogP contribution in [0.15, 0.2) is 0 Å². The summed E-state index contributed by atoms with van der Waals surface area (Å²) in [5.41, 5.74) is 0. The molecule has 2 N–H and O–H groups in total. The molecule has 2 rings (SSSR count). The number of carboxylic acid groups (broad SMARTS) is 1. The highest BCUT2D eigenvalue weighted by Gasteiger charge is 2.45. The van der Waals surface area contributed by atoms with Crippen molar-refractivity contribution in [3.05, 3.63) is 0 Å². The smallest absolute Gasteiger partial charge is 0.326 e. The average molecular weight is 213 g/mol. The van der Waals surface area contributed by atoms with Crippen molar-refractivity contribution < 1.29 is 19.8 Å². The Kier molecular flexibility index (Phi) is 2.65. The number of amides is 1. The van der Waals surface area contributed by atoms with Gasteiger partial charge in [0.25, 0.3) is 0 Å². The van der Waals surface area contributed by atoms with Gasteiger partial charge < -0.3 is 15.1 Å². The van der Waals surface area contributed by atoms with Gasteiger partial charge in [-0.15, -0.1) is 0 Å². The van der Waals surface area contributed by atoms with Gasteiger partial charge in [-0.25, -0.2) is 4.79 Å². The predicted molar refractivity (Wildman–Crippen MR) is 51.1 cm³/mol. The summed E-state index contributed by atoms with van der Waals surface area (Å²) < 4.78 is 0. The van der Waals surface area contributed by atoms with E-state index in [1.165, 1.54) is 4.90 Å². The first-order chi connectivity index (χ1) is 7.13. The van der Waals surface area contributed by atoms with Gasteiger partial charge in [0.1, 0.15) is 6.04 Å². The lowest BCUT2D eigenvalue weighted by Crippen LogP contribution is -2.43. The molecular weight excluding hydrogens is 198 g/mol. The maximum absolute atomic E-state index is 11.6. The van der Waals surface area contributed by atoms with Crippen LogP contribution in [-0.4, -0.2) is 46.2 Å². The van der Waals surface area contributed by atoms with Crippen molar-refractivity contribution in [1.82, 2.24) is 4.90 Å². The standard InChI is InChI=1S/C10H15NO4/c12-5-6-3-8(13)11(4-6)9(10(14)15)7-1-2-7/h6-7,9,12H,1-5H2,(H,14,15). The summed E-state index contributed by atoms with van der Waals surface area (Å²) in [6.07, 6.45) is 2.07. The van der Waals surface area contributed by atoms with E-state index in [-0.39, 0.29) is 30.8 Å². The summed E-state index contributed by atoms with van der Waals surface area (Å²) >= 11 is 0. The van der Waals surface area contributed by atoms with Gasteiger partial charge in [-0.2, -0.15) is 0 Å². The molecule has 0 spiro atoms. The second-order valence-electron chi connectivity index (χ2n) is 4.42. The molecule has 0 bridgehead atoms. The fourth-order valence-corrected chi connectivity index (χ4v) is 2.20. The fourth-order valence-electron chi connectivity index (χ4n) is 2.20. The van der Waals surface area contributed by atoms with Gasteiger partial charge in [-0.1, -0.05) is 0 Å². The number of hydrogen-bond donors (Lipinski definition) is 2. The Morgan fingerprint density at radius 1 is 1.53 bits per heavy atom. The van der Waals surface area contributed by atoms with Crippen molar-refractivity contribution in [2.45, 2.75) is 25.3 Å². The monoisotopic (exact) mass is 213 g/mol. The molecule has 84 valence electrons. The predicted octanol–water partition coefficient (Wildman–Crippen LogP) is -0.310. The van der Waals surface area contributed by atoms with Crippen LogP contribution in [0.5, 0.6) is 0 Å². The van der Waals surface area contributed by atoms with E-state index in [4.69, 9.17) is 10.2 Å². The summed E-state index contributed by atoms with van der Waals surface area (Å²) in [5.74, 6) is -1.00. The third kappa shape index (κ3) is 1.97. The van der Waals surface area contributed by atoms with Crippen molar-refractivity contribution in [2.75, 3.05) is 13.2 Å². The largest absolute Gasteiger partial charge is 0.480 e. The number of rotatable bonds is 4. The van der Waals surface area contributed by atoms with E-state index in [2.05, 4.69) is 0 Å². The van der Waals surface area contributed by atoms with Crippen LogP contribution < -0.4 is 0 Å². The minimum atomic E-state index is -0.913. The average Bonchev–Trinajstić information content (AvgIpc) is 2.92. The first kappa shape index (κ1) is 10.4. The van der Waals surface area contributed by atoms with Crippen molar-refractivity contribution in [3.63, 3.8) is 0 Å². The van der Waals surface area contributed by atoms with Crippen molar-refractivity contribution in [1.29, 1.82) is 0 Å². The lowest BCUT2D eigenvalue weighted by atomic mass is 10.1. The summed E-state index contributed by atoms with van der Waals surface area (Å²) in [6, 6.07) is -0.658. The number of nitrogens with zero attached hydrogens (tertiary/aromatic N) is 1. The van der Waals surface area contributed by atoms with Crippen LogP contribution in [0.2, 0.25) is 0 Å². The Labute approximate surface area is 87.7 Å². The second-order valence-corrected chi connectivity index (χ2v) is 4.42. The van der Waals surface area contributed by atoms with Gasteiger partial charge in [0.15, 0.2) is 0 Å². The lowest BCUT2D eigenvalue weighted by molar-refractivity contribution is -0.149. The van der Waals surface area contributed by atoms with Gasteiger partial charge in [-0.3, -0.25) is 4.79 Å². The Morgan fingerprint density at radius 3 is 2.60 bits per heavy atom. The molecule has 1 heterocycles. The summed E-state index contributed by atoms with van der Waals surface area (Å²) in [4.78, 5) is 24.1. The highest BCUT2D eigenvalue weighted by molar-refractivity contribution is 5.85. The van der Waals surface area contributed by atoms with E-state index in [1.807, 2.05) is 0 Å². The number of aliphatic hydroxyl groups excluding tert-OH is 1. The molecule has 2 unspecified atom stereocenters. The van der Waals surface area contributed by atoms with Crippen molar-refractivity contribution >= 4 is 11.9 Å². The molecule has 2 fully saturated rings. The van der Waals surface area contributed by atoms with Crippen LogP contribution in [0.3, 0.4) is 0 Å². The number of aliphatic hydroxyl groups is 1. The topological polar surface area (TPSA) is 77.8 Å².